The third-order valence-electron chi connectivity index (χ3n) is 4.34. The fourth-order valence-electron chi connectivity index (χ4n) is 2.75. The van der Waals surface area contributed by atoms with Crippen LogP contribution in [-0.2, 0) is 0 Å². The Morgan fingerprint density at radius 3 is 2.39 bits per heavy atom. The van der Waals surface area contributed by atoms with E-state index in [9.17, 15) is 0 Å². The van der Waals surface area contributed by atoms with E-state index in [0.717, 1.165) is 23.9 Å². The van der Waals surface area contributed by atoms with Crippen molar-refractivity contribution in [2.45, 2.75) is 71.4 Å². The second-order valence-electron chi connectivity index (χ2n) is 6.81. The predicted molar refractivity (Wildman–Crippen MR) is 78.9 cm³/mol. The Labute approximate surface area is 114 Å². The van der Waals surface area contributed by atoms with Gasteiger partial charge in [-0.05, 0) is 63.5 Å². The number of hydrogen-bond donors (Lipinski definition) is 1. The van der Waals surface area contributed by atoms with Crippen LogP contribution in [0.25, 0.3) is 0 Å². The largest absolute Gasteiger partial charge is 0.312 e. The normalized spacial score (nSPS) is 21.8. The number of nitrogens with one attached hydrogen (secondary N) is 1. The summed E-state index contributed by atoms with van der Waals surface area (Å²) in [4.78, 5) is 2.78. The van der Waals surface area contributed by atoms with Crippen molar-refractivity contribution in [2.75, 3.05) is 19.6 Å². The summed E-state index contributed by atoms with van der Waals surface area (Å²) in [6.07, 6.45) is 8.45. The first-order valence-corrected chi connectivity index (χ1v) is 8.18. The second kappa shape index (κ2) is 6.91. The Morgan fingerprint density at radius 1 is 1.17 bits per heavy atom. The minimum atomic E-state index is 0.776. The van der Waals surface area contributed by atoms with Crippen molar-refractivity contribution < 1.29 is 0 Å². The van der Waals surface area contributed by atoms with Gasteiger partial charge in [-0.2, -0.15) is 0 Å². The molecule has 0 aromatic carbocycles. The van der Waals surface area contributed by atoms with Crippen LogP contribution in [0.15, 0.2) is 0 Å². The summed E-state index contributed by atoms with van der Waals surface area (Å²) in [6.45, 7) is 10.8. The minimum Gasteiger partial charge on any atom is -0.312 e. The van der Waals surface area contributed by atoms with Gasteiger partial charge < -0.3 is 5.32 Å². The lowest BCUT2D eigenvalue weighted by Crippen LogP contribution is -2.44. The van der Waals surface area contributed by atoms with Gasteiger partial charge in [0.1, 0.15) is 0 Å². The Hall–Kier alpha value is -0.0800. The third-order valence-corrected chi connectivity index (χ3v) is 4.34. The minimum absolute atomic E-state index is 0.776. The van der Waals surface area contributed by atoms with E-state index in [1.807, 2.05) is 0 Å². The smallest absolute Gasteiger partial charge is 0.0223 e. The first-order chi connectivity index (χ1) is 8.70. The van der Waals surface area contributed by atoms with Crippen molar-refractivity contribution >= 4 is 0 Å². The van der Waals surface area contributed by atoms with Crippen molar-refractivity contribution in [3.05, 3.63) is 0 Å². The number of hydrogen-bond acceptors (Lipinski definition) is 2. The Balaban J connectivity index is 1.77. The molecule has 18 heavy (non-hydrogen) atoms. The van der Waals surface area contributed by atoms with Gasteiger partial charge in [-0.1, -0.05) is 20.8 Å². The molecule has 2 rings (SSSR count). The maximum absolute atomic E-state index is 3.79. The van der Waals surface area contributed by atoms with Crippen LogP contribution < -0.4 is 5.32 Å². The highest BCUT2D eigenvalue weighted by Gasteiger charge is 2.35. The molecule has 1 atom stereocenters. The molecule has 106 valence electrons. The standard InChI is InChI=1S/C16H32N2/c1-4-10-17-16(14-5-6-14)12-18(15-7-8-15)11-9-13(2)3/h13-17H,4-12H2,1-3H3. The van der Waals surface area contributed by atoms with Crippen LogP contribution in [0.4, 0.5) is 0 Å². The van der Waals surface area contributed by atoms with Gasteiger partial charge in [0.15, 0.2) is 0 Å². The van der Waals surface area contributed by atoms with Crippen molar-refractivity contribution in [3.63, 3.8) is 0 Å². The summed E-state index contributed by atoms with van der Waals surface area (Å²) in [5, 5.41) is 3.79. The highest BCUT2D eigenvalue weighted by molar-refractivity contribution is 4.92. The van der Waals surface area contributed by atoms with E-state index in [2.05, 4.69) is 31.0 Å². The van der Waals surface area contributed by atoms with E-state index in [-0.39, 0.29) is 0 Å². The molecule has 0 heterocycles. The molecule has 2 aliphatic carbocycles. The predicted octanol–water partition coefficient (Wildman–Crippen LogP) is 3.28. The Kier molecular flexibility index (Phi) is 5.50. The second-order valence-corrected chi connectivity index (χ2v) is 6.81. The maximum atomic E-state index is 3.79. The van der Waals surface area contributed by atoms with Crippen molar-refractivity contribution in [2.24, 2.45) is 11.8 Å². The molecule has 2 fully saturated rings. The van der Waals surface area contributed by atoms with Crippen LogP contribution in [-0.4, -0.2) is 36.6 Å². The van der Waals surface area contributed by atoms with Gasteiger partial charge in [-0.15, -0.1) is 0 Å². The van der Waals surface area contributed by atoms with Gasteiger partial charge in [0.2, 0.25) is 0 Å². The molecule has 1 unspecified atom stereocenters. The molecular weight excluding hydrogens is 220 g/mol. The number of rotatable bonds is 10. The average molecular weight is 252 g/mol. The van der Waals surface area contributed by atoms with Crippen molar-refractivity contribution in [3.8, 4) is 0 Å². The molecule has 2 heteroatoms. The molecule has 2 aliphatic rings. The SMILES string of the molecule is CCCNC(CN(CCC(C)C)C1CC1)C1CC1. The van der Waals surface area contributed by atoms with Crippen molar-refractivity contribution in [1.29, 1.82) is 0 Å². The Bertz CT molecular complexity index is 231. The van der Waals surface area contributed by atoms with E-state index in [0.29, 0.717) is 0 Å². The van der Waals surface area contributed by atoms with E-state index in [4.69, 9.17) is 0 Å². The summed E-state index contributed by atoms with van der Waals surface area (Å²) < 4.78 is 0. The Morgan fingerprint density at radius 2 is 1.89 bits per heavy atom. The molecule has 0 aromatic heterocycles. The third kappa shape index (κ3) is 4.89. The zero-order valence-corrected chi connectivity index (χ0v) is 12.6. The maximum Gasteiger partial charge on any atom is 0.0223 e. The zero-order valence-electron chi connectivity index (χ0n) is 12.6. The lowest BCUT2D eigenvalue weighted by molar-refractivity contribution is 0.211. The van der Waals surface area contributed by atoms with Gasteiger partial charge in [-0.3, -0.25) is 4.90 Å². The topological polar surface area (TPSA) is 15.3 Å². The summed E-state index contributed by atoms with van der Waals surface area (Å²) in [7, 11) is 0. The molecule has 0 bridgehead atoms. The molecule has 0 amide bonds. The first kappa shape index (κ1) is 14.3. The van der Waals surface area contributed by atoms with Crippen LogP contribution in [0.1, 0.15) is 59.3 Å². The highest BCUT2D eigenvalue weighted by Crippen LogP contribution is 2.35. The summed E-state index contributed by atoms with van der Waals surface area (Å²) in [5.74, 6) is 1.83. The molecule has 0 aliphatic heterocycles. The molecule has 0 spiro atoms. The molecule has 2 nitrogen and oxygen atoms in total. The summed E-state index contributed by atoms with van der Waals surface area (Å²) >= 11 is 0. The van der Waals surface area contributed by atoms with Crippen LogP contribution in [0.3, 0.4) is 0 Å². The molecule has 2 saturated carbocycles. The quantitative estimate of drug-likeness (QED) is 0.642. The van der Waals surface area contributed by atoms with E-state index in [1.54, 1.807) is 0 Å². The lowest BCUT2D eigenvalue weighted by atomic mass is 10.1. The van der Waals surface area contributed by atoms with Gasteiger partial charge >= 0.3 is 0 Å². The van der Waals surface area contributed by atoms with Gasteiger partial charge in [0, 0.05) is 18.6 Å². The molecular formula is C16H32N2. The van der Waals surface area contributed by atoms with Crippen molar-refractivity contribution in [1.82, 2.24) is 10.2 Å². The zero-order chi connectivity index (χ0) is 13.0. The highest BCUT2D eigenvalue weighted by atomic mass is 15.2. The lowest BCUT2D eigenvalue weighted by Gasteiger charge is -2.29. The van der Waals surface area contributed by atoms with Gasteiger partial charge in [0.25, 0.3) is 0 Å². The number of nitrogens with zero attached hydrogens (tertiary/aromatic N) is 1. The summed E-state index contributed by atoms with van der Waals surface area (Å²) in [6, 6.07) is 1.70. The fraction of sp³-hybridized carbons (Fsp3) is 1.00. The molecule has 1 N–H and O–H groups in total. The van der Waals surface area contributed by atoms with Crippen LogP contribution in [0, 0.1) is 11.8 Å². The fourth-order valence-corrected chi connectivity index (χ4v) is 2.75. The average Bonchev–Trinajstić information content (AvgIpc) is 3.16. The van der Waals surface area contributed by atoms with E-state index >= 15 is 0 Å². The van der Waals surface area contributed by atoms with Crippen LogP contribution in [0.2, 0.25) is 0 Å². The first-order valence-electron chi connectivity index (χ1n) is 8.18. The van der Waals surface area contributed by atoms with Crippen LogP contribution in [0.5, 0.6) is 0 Å². The summed E-state index contributed by atoms with van der Waals surface area (Å²) in [5.41, 5.74) is 0. The molecule has 0 radical (unpaired) electrons. The van der Waals surface area contributed by atoms with E-state index < -0.39 is 0 Å². The van der Waals surface area contributed by atoms with Gasteiger partial charge in [0.05, 0.1) is 0 Å². The van der Waals surface area contributed by atoms with Crippen LogP contribution >= 0.6 is 0 Å². The molecule has 0 aromatic rings. The monoisotopic (exact) mass is 252 g/mol. The van der Waals surface area contributed by atoms with Gasteiger partial charge in [-0.25, -0.2) is 0 Å². The van der Waals surface area contributed by atoms with E-state index in [1.165, 1.54) is 58.2 Å². The molecule has 0 saturated heterocycles.